The Morgan fingerprint density at radius 3 is 2.37 bits per heavy atom. The van der Waals surface area contributed by atoms with Gasteiger partial charge in [-0.1, -0.05) is 0 Å². The Labute approximate surface area is 115 Å². The standard InChI is InChI=1S/C14H21NO3S/c1-18-10-9-14(7-8-14)11-15-12-3-5-13(6-4-12)19(2,16)17/h3-6,15H,7-11H2,1-2H3. The van der Waals surface area contributed by atoms with Gasteiger partial charge < -0.3 is 10.1 Å². The first-order valence-corrected chi connectivity index (χ1v) is 8.37. The molecule has 0 amide bonds. The van der Waals surface area contributed by atoms with Crippen molar-refractivity contribution in [1.29, 1.82) is 0 Å². The van der Waals surface area contributed by atoms with Crippen LogP contribution in [0.2, 0.25) is 0 Å². The number of benzene rings is 1. The number of ether oxygens (including phenoxy) is 1. The van der Waals surface area contributed by atoms with Crippen molar-refractivity contribution >= 4 is 15.5 Å². The molecule has 0 radical (unpaired) electrons. The summed E-state index contributed by atoms with van der Waals surface area (Å²) in [5.41, 5.74) is 1.35. The van der Waals surface area contributed by atoms with Gasteiger partial charge in [0, 0.05) is 32.2 Å². The van der Waals surface area contributed by atoms with Crippen LogP contribution in [-0.4, -0.2) is 34.9 Å². The van der Waals surface area contributed by atoms with Gasteiger partial charge in [0.05, 0.1) is 4.90 Å². The summed E-state index contributed by atoms with van der Waals surface area (Å²) in [6, 6.07) is 6.93. The molecule has 1 aromatic carbocycles. The predicted molar refractivity (Wildman–Crippen MR) is 76.2 cm³/mol. The number of sulfone groups is 1. The zero-order valence-corrected chi connectivity index (χ0v) is 12.3. The number of nitrogens with one attached hydrogen (secondary N) is 1. The second-order valence-electron chi connectivity index (χ2n) is 5.39. The molecular formula is C14H21NO3S. The summed E-state index contributed by atoms with van der Waals surface area (Å²) in [6.45, 7) is 1.73. The number of rotatable bonds is 7. The van der Waals surface area contributed by atoms with E-state index in [1.165, 1.54) is 19.1 Å². The molecule has 106 valence electrons. The normalized spacial score (nSPS) is 17.2. The summed E-state index contributed by atoms with van der Waals surface area (Å²) in [6.07, 6.45) is 4.78. The van der Waals surface area contributed by atoms with Gasteiger partial charge in [-0.05, 0) is 48.9 Å². The number of methoxy groups -OCH3 is 1. The molecule has 4 nitrogen and oxygen atoms in total. The molecule has 0 spiro atoms. The van der Waals surface area contributed by atoms with E-state index in [-0.39, 0.29) is 0 Å². The SMILES string of the molecule is COCCC1(CNc2ccc(S(C)(=O)=O)cc2)CC1. The molecule has 0 aromatic heterocycles. The highest BCUT2D eigenvalue weighted by Gasteiger charge is 2.41. The van der Waals surface area contributed by atoms with Crippen LogP contribution in [0.25, 0.3) is 0 Å². The third-order valence-electron chi connectivity index (χ3n) is 3.74. The molecule has 1 saturated carbocycles. The molecule has 5 heteroatoms. The summed E-state index contributed by atoms with van der Waals surface area (Å²) in [4.78, 5) is 0.360. The van der Waals surface area contributed by atoms with Gasteiger partial charge in [-0.3, -0.25) is 0 Å². The molecule has 0 heterocycles. The minimum Gasteiger partial charge on any atom is -0.385 e. The third kappa shape index (κ3) is 3.94. The van der Waals surface area contributed by atoms with Crippen molar-refractivity contribution in [3.8, 4) is 0 Å². The van der Waals surface area contributed by atoms with Crippen molar-refractivity contribution in [2.75, 3.05) is 31.8 Å². The Morgan fingerprint density at radius 1 is 1.26 bits per heavy atom. The van der Waals surface area contributed by atoms with Crippen molar-refractivity contribution in [3.63, 3.8) is 0 Å². The van der Waals surface area contributed by atoms with E-state index in [1.807, 2.05) is 12.1 Å². The van der Waals surface area contributed by atoms with E-state index in [4.69, 9.17) is 4.74 Å². The molecule has 0 aliphatic heterocycles. The van der Waals surface area contributed by atoms with Crippen molar-refractivity contribution in [1.82, 2.24) is 0 Å². The quantitative estimate of drug-likeness (QED) is 0.834. The zero-order valence-electron chi connectivity index (χ0n) is 11.5. The lowest BCUT2D eigenvalue weighted by atomic mass is 10.0. The maximum Gasteiger partial charge on any atom is 0.175 e. The van der Waals surface area contributed by atoms with E-state index in [1.54, 1.807) is 19.2 Å². The monoisotopic (exact) mass is 283 g/mol. The topological polar surface area (TPSA) is 55.4 Å². The fourth-order valence-corrected chi connectivity index (χ4v) is 2.75. The second kappa shape index (κ2) is 5.51. The molecule has 1 N–H and O–H groups in total. The maximum atomic E-state index is 11.4. The van der Waals surface area contributed by atoms with Crippen molar-refractivity contribution in [2.24, 2.45) is 5.41 Å². The minimum atomic E-state index is -3.11. The zero-order chi connectivity index (χ0) is 13.9. The molecule has 0 bridgehead atoms. The summed E-state index contributed by atoms with van der Waals surface area (Å²) in [5.74, 6) is 0. The highest BCUT2D eigenvalue weighted by Crippen LogP contribution is 2.48. The summed E-state index contributed by atoms with van der Waals surface area (Å²) in [7, 11) is -1.38. The molecule has 0 unspecified atom stereocenters. The van der Waals surface area contributed by atoms with E-state index >= 15 is 0 Å². The second-order valence-corrected chi connectivity index (χ2v) is 7.41. The van der Waals surface area contributed by atoms with Crippen LogP contribution in [0.4, 0.5) is 5.69 Å². The Balaban J connectivity index is 1.90. The molecule has 2 rings (SSSR count). The molecule has 1 aromatic rings. The van der Waals surface area contributed by atoms with E-state index in [0.717, 1.165) is 25.3 Å². The molecular weight excluding hydrogens is 262 g/mol. The summed E-state index contributed by atoms with van der Waals surface area (Å²) < 4.78 is 27.8. The van der Waals surface area contributed by atoms with Crippen LogP contribution in [0, 0.1) is 5.41 Å². The first kappa shape index (κ1) is 14.3. The van der Waals surface area contributed by atoms with Crippen LogP contribution in [0.15, 0.2) is 29.2 Å². The third-order valence-corrected chi connectivity index (χ3v) is 4.87. The van der Waals surface area contributed by atoms with E-state index < -0.39 is 9.84 Å². The Bertz CT molecular complexity index is 518. The van der Waals surface area contributed by atoms with Crippen LogP contribution in [0.5, 0.6) is 0 Å². The van der Waals surface area contributed by atoms with Crippen molar-refractivity contribution in [3.05, 3.63) is 24.3 Å². The first-order valence-electron chi connectivity index (χ1n) is 6.48. The van der Waals surface area contributed by atoms with Gasteiger partial charge in [-0.15, -0.1) is 0 Å². The molecule has 1 fully saturated rings. The molecule has 1 aliphatic carbocycles. The van der Waals surface area contributed by atoms with E-state index in [2.05, 4.69) is 5.32 Å². The maximum absolute atomic E-state index is 11.4. The predicted octanol–water partition coefficient (Wildman–Crippen LogP) is 2.32. The fraction of sp³-hybridized carbons (Fsp3) is 0.571. The fourth-order valence-electron chi connectivity index (χ4n) is 2.12. The molecule has 0 atom stereocenters. The van der Waals surface area contributed by atoms with Gasteiger partial charge in [0.25, 0.3) is 0 Å². The largest absolute Gasteiger partial charge is 0.385 e. The van der Waals surface area contributed by atoms with Gasteiger partial charge in [0.1, 0.15) is 0 Å². The van der Waals surface area contributed by atoms with Crippen LogP contribution >= 0.6 is 0 Å². The Kier molecular flexibility index (Phi) is 4.16. The van der Waals surface area contributed by atoms with Crippen LogP contribution in [0.3, 0.4) is 0 Å². The van der Waals surface area contributed by atoms with Crippen LogP contribution < -0.4 is 5.32 Å². The number of hydrogen-bond acceptors (Lipinski definition) is 4. The van der Waals surface area contributed by atoms with Gasteiger partial charge in [-0.2, -0.15) is 0 Å². The molecule has 19 heavy (non-hydrogen) atoms. The van der Waals surface area contributed by atoms with Crippen molar-refractivity contribution < 1.29 is 13.2 Å². The highest BCUT2D eigenvalue weighted by atomic mass is 32.2. The lowest BCUT2D eigenvalue weighted by molar-refractivity contribution is 0.175. The Morgan fingerprint density at radius 2 is 1.89 bits per heavy atom. The number of hydrogen-bond donors (Lipinski definition) is 1. The lowest BCUT2D eigenvalue weighted by Crippen LogP contribution is -2.17. The van der Waals surface area contributed by atoms with E-state index in [9.17, 15) is 8.42 Å². The average molecular weight is 283 g/mol. The minimum absolute atomic E-state index is 0.360. The number of anilines is 1. The van der Waals surface area contributed by atoms with Crippen molar-refractivity contribution in [2.45, 2.75) is 24.2 Å². The highest BCUT2D eigenvalue weighted by molar-refractivity contribution is 7.90. The summed E-state index contributed by atoms with van der Waals surface area (Å²) >= 11 is 0. The molecule has 0 saturated heterocycles. The average Bonchev–Trinajstić information content (AvgIpc) is 3.14. The van der Waals surface area contributed by atoms with Crippen LogP contribution in [-0.2, 0) is 14.6 Å². The van der Waals surface area contributed by atoms with Gasteiger partial charge >= 0.3 is 0 Å². The van der Waals surface area contributed by atoms with Gasteiger partial charge in [0.2, 0.25) is 0 Å². The lowest BCUT2D eigenvalue weighted by Gasteiger charge is -2.16. The van der Waals surface area contributed by atoms with E-state index in [0.29, 0.717) is 10.3 Å². The Hall–Kier alpha value is -1.07. The summed E-state index contributed by atoms with van der Waals surface area (Å²) in [5, 5.41) is 3.38. The molecule has 1 aliphatic rings. The van der Waals surface area contributed by atoms with Crippen LogP contribution in [0.1, 0.15) is 19.3 Å². The first-order chi connectivity index (χ1) is 8.95. The van der Waals surface area contributed by atoms with Gasteiger partial charge in [-0.25, -0.2) is 8.42 Å². The smallest absolute Gasteiger partial charge is 0.175 e. The van der Waals surface area contributed by atoms with Gasteiger partial charge in [0.15, 0.2) is 9.84 Å².